The van der Waals surface area contributed by atoms with Gasteiger partial charge in [0.25, 0.3) is 11.8 Å². The number of ether oxygens (including phenoxy) is 1. The van der Waals surface area contributed by atoms with E-state index >= 15 is 0 Å². The zero-order chi connectivity index (χ0) is 23.4. The van der Waals surface area contributed by atoms with E-state index in [9.17, 15) is 9.59 Å². The predicted molar refractivity (Wildman–Crippen MR) is 129 cm³/mol. The van der Waals surface area contributed by atoms with Crippen LogP contribution in [0.1, 0.15) is 32.8 Å². The molecule has 0 bridgehead atoms. The minimum atomic E-state index is -0.210. The molecule has 1 fully saturated rings. The zero-order valence-electron chi connectivity index (χ0n) is 19.7. The van der Waals surface area contributed by atoms with E-state index < -0.39 is 0 Å². The van der Waals surface area contributed by atoms with Crippen molar-refractivity contribution < 1.29 is 14.3 Å². The molecule has 1 aromatic heterocycles. The highest BCUT2D eigenvalue weighted by molar-refractivity contribution is 6.35. The van der Waals surface area contributed by atoms with Crippen LogP contribution >= 0.6 is 0 Å². The summed E-state index contributed by atoms with van der Waals surface area (Å²) in [4.78, 5) is 37.0. The third-order valence-corrected chi connectivity index (χ3v) is 5.88. The average molecular weight is 449 g/mol. The second-order valence-electron chi connectivity index (χ2n) is 8.87. The number of hydrogen-bond acceptors (Lipinski definition) is 6. The Balaban J connectivity index is 1.61. The SMILES string of the molecule is CCCOc1ccc(C2=C(N3CCN(c4ccccn4)CC3)C(=O)N(CC(C)C)C2=O)cc1. The lowest BCUT2D eigenvalue weighted by atomic mass is 10.0. The molecule has 33 heavy (non-hydrogen) atoms. The van der Waals surface area contributed by atoms with Crippen LogP contribution in [-0.2, 0) is 9.59 Å². The fourth-order valence-corrected chi connectivity index (χ4v) is 4.29. The van der Waals surface area contributed by atoms with Gasteiger partial charge in [-0.25, -0.2) is 4.98 Å². The van der Waals surface area contributed by atoms with E-state index in [1.54, 1.807) is 6.20 Å². The number of carbonyl (C=O) groups excluding carboxylic acids is 2. The maximum absolute atomic E-state index is 13.4. The van der Waals surface area contributed by atoms with E-state index in [2.05, 4.69) is 21.7 Å². The van der Waals surface area contributed by atoms with Gasteiger partial charge in [0.2, 0.25) is 0 Å². The van der Waals surface area contributed by atoms with E-state index in [1.165, 1.54) is 4.90 Å². The Morgan fingerprint density at radius 1 is 0.939 bits per heavy atom. The van der Waals surface area contributed by atoms with Crippen molar-refractivity contribution in [2.24, 2.45) is 5.92 Å². The van der Waals surface area contributed by atoms with Crippen molar-refractivity contribution in [2.75, 3.05) is 44.2 Å². The number of amides is 2. The minimum absolute atomic E-state index is 0.193. The first-order valence-corrected chi connectivity index (χ1v) is 11.7. The zero-order valence-corrected chi connectivity index (χ0v) is 19.7. The van der Waals surface area contributed by atoms with Gasteiger partial charge in [-0.15, -0.1) is 0 Å². The summed E-state index contributed by atoms with van der Waals surface area (Å²) in [5.41, 5.74) is 1.77. The highest BCUT2D eigenvalue weighted by Gasteiger charge is 2.42. The van der Waals surface area contributed by atoms with E-state index in [-0.39, 0.29) is 17.7 Å². The second kappa shape index (κ2) is 10.1. The predicted octanol–water partition coefficient (Wildman–Crippen LogP) is 3.43. The Kier molecular flexibility index (Phi) is 6.96. The molecule has 1 aromatic carbocycles. The Hall–Kier alpha value is -3.35. The highest BCUT2D eigenvalue weighted by Crippen LogP contribution is 2.33. The maximum atomic E-state index is 13.4. The van der Waals surface area contributed by atoms with Crippen LogP contribution in [0.3, 0.4) is 0 Å². The number of piperazine rings is 1. The summed E-state index contributed by atoms with van der Waals surface area (Å²) in [7, 11) is 0. The van der Waals surface area contributed by atoms with Crippen molar-refractivity contribution in [3.8, 4) is 5.75 Å². The Morgan fingerprint density at radius 3 is 2.24 bits per heavy atom. The van der Waals surface area contributed by atoms with Gasteiger partial charge in [0, 0.05) is 38.9 Å². The molecule has 0 atom stereocenters. The van der Waals surface area contributed by atoms with Gasteiger partial charge in [-0.2, -0.15) is 0 Å². The van der Waals surface area contributed by atoms with Gasteiger partial charge in [0.15, 0.2) is 0 Å². The summed E-state index contributed by atoms with van der Waals surface area (Å²) < 4.78 is 5.69. The van der Waals surface area contributed by atoms with Gasteiger partial charge in [-0.05, 0) is 42.2 Å². The number of benzene rings is 1. The number of pyridine rings is 1. The number of carbonyl (C=O) groups is 2. The van der Waals surface area contributed by atoms with E-state index in [0.717, 1.165) is 36.6 Å². The molecule has 2 amide bonds. The van der Waals surface area contributed by atoms with Crippen molar-refractivity contribution in [2.45, 2.75) is 27.2 Å². The first-order chi connectivity index (χ1) is 16.0. The van der Waals surface area contributed by atoms with Gasteiger partial charge >= 0.3 is 0 Å². The summed E-state index contributed by atoms with van der Waals surface area (Å²) in [5, 5.41) is 0. The molecular formula is C26H32N4O3. The van der Waals surface area contributed by atoms with Crippen molar-refractivity contribution in [3.63, 3.8) is 0 Å². The van der Waals surface area contributed by atoms with Gasteiger partial charge < -0.3 is 14.5 Å². The van der Waals surface area contributed by atoms with Gasteiger partial charge in [-0.1, -0.05) is 39.0 Å². The van der Waals surface area contributed by atoms with Gasteiger partial charge in [0.05, 0.1) is 12.2 Å². The van der Waals surface area contributed by atoms with E-state index in [4.69, 9.17) is 4.74 Å². The molecule has 2 aromatic rings. The number of aromatic nitrogens is 1. The molecule has 3 heterocycles. The highest BCUT2D eigenvalue weighted by atomic mass is 16.5. The molecule has 0 spiro atoms. The molecule has 0 aliphatic carbocycles. The summed E-state index contributed by atoms with van der Waals surface area (Å²) in [6.45, 7) is 9.94. The van der Waals surface area contributed by atoms with Crippen LogP contribution in [0.5, 0.6) is 5.75 Å². The molecule has 2 aliphatic rings. The fraction of sp³-hybridized carbons (Fsp3) is 0.423. The summed E-state index contributed by atoms with van der Waals surface area (Å²) in [6, 6.07) is 13.4. The molecule has 1 saturated heterocycles. The number of hydrogen-bond donors (Lipinski definition) is 0. The molecule has 0 radical (unpaired) electrons. The molecule has 7 heteroatoms. The van der Waals surface area contributed by atoms with Crippen molar-refractivity contribution in [1.82, 2.24) is 14.8 Å². The lowest BCUT2D eigenvalue weighted by Crippen LogP contribution is -2.48. The molecule has 0 N–H and O–H groups in total. The lowest BCUT2D eigenvalue weighted by molar-refractivity contribution is -0.138. The quantitative estimate of drug-likeness (QED) is 0.577. The van der Waals surface area contributed by atoms with Crippen LogP contribution in [0.2, 0.25) is 0 Å². The first-order valence-electron chi connectivity index (χ1n) is 11.7. The van der Waals surface area contributed by atoms with Crippen molar-refractivity contribution >= 4 is 23.2 Å². The number of rotatable bonds is 8. The van der Waals surface area contributed by atoms with Crippen LogP contribution in [0.15, 0.2) is 54.4 Å². The van der Waals surface area contributed by atoms with Gasteiger partial charge in [0.1, 0.15) is 17.3 Å². The molecule has 0 saturated carbocycles. The molecule has 2 aliphatic heterocycles. The van der Waals surface area contributed by atoms with Crippen LogP contribution < -0.4 is 9.64 Å². The molecular weight excluding hydrogens is 416 g/mol. The topological polar surface area (TPSA) is 66.0 Å². The maximum Gasteiger partial charge on any atom is 0.277 e. The Labute approximate surface area is 195 Å². The summed E-state index contributed by atoms with van der Waals surface area (Å²) in [5.74, 6) is 1.50. The Morgan fingerprint density at radius 2 is 1.64 bits per heavy atom. The molecule has 174 valence electrons. The van der Waals surface area contributed by atoms with E-state index in [1.807, 2.05) is 56.3 Å². The normalized spacial score (nSPS) is 16.9. The van der Waals surface area contributed by atoms with Crippen LogP contribution in [0, 0.1) is 5.92 Å². The number of anilines is 1. The van der Waals surface area contributed by atoms with E-state index in [0.29, 0.717) is 37.5 Å². The monoisotopic (exact) mass is 448 g/mol. The fourth-order valence-electron chi connectivity index (χ4n) is 4.29. The van der Waals surface area contributed by atoms with Crippen LogP contribution in [-0.4, -0.2) is 65.9 Å². The van der Waals surface area contributed by atoms with Crippen molar-refractivity contribution in [1.29, 1.82) is 0 Å². The third kappa shape index (κ3) is 4.87. The average Bonchev–Trinajstić information content (AvgIpc) is 3.08. The third-order valence-electron chi connectivity index (χ3n) is 5.88. The second-order valence-corrected chi connectivity index (χ2v) is 8.87. The smallest absolute Gasteiger partial charge is 0.277 e. The lowest BCUT2D eigenvalue weighted by Gasteiger charge is -2.37. The minimum Gasteiger partial charge on any atom is -0.494 e. The molecule has 7 nitrogen and oxygen atoms in total. The Bertz CT molecular complexity index is 1010. The van der Waals surface area contributed by atoms with Crippen LogP contribution in [0.25, 0.3) is 5.57 Å². The molecule has 0 unspecified atom stereocenters. The number of imide groups is 1. The van der Waals surface area contributed by atoms with Gasteiger partial charge in [-0.3, -0.25) is 14.5 Å². The van der Waals surface area contributed by atoms with Crippen molar-refractivity contribution in [3.05, 3.63) is 59.9 Å². The largest absolute Gasteiger partial charge is 0.494 e. The summed E-state index contributed by atoms with van der Waals surface area (Å²) in [6.07, 6.45) is 2.72. The summed E-state index contributed by atoms with van der Waals surface area (Å²) >= 11 is 0. The first kappa shape index (κ1) is 22.8. The number of nitrogens with zero attached hydrogens (tertiary/aromatic N) is 4. The molecule has 4 rings (SSSR count). The standard InChI is InChI=1S/C26H32N4O3/c1-4-17-33-21-10-8-20(9-11-21)23-24(26(32)30(25(23)31)18-19(2)3)29-15-13-28(14-16-29)22-7-5-6-12-27-22/h5-12,19H,4,13-18H2,1-3H3. The van der Waals surface area contributed by atoms with Crippen LogP contribution in [0.4, 0.5) is 5.82 Å².